The van der Waals surface area contributed by atoms with Crippen LogP contribution in [0.4, 0.5) is 5.69 Å². The highest BCUT2D eigenvalue weighted by Crippen LogP contribution is 2.21. The summed E-state index contributed by atoms with van der Waals surface area (Å²) in [5.41, 5.74) is 2.67. The molecule has 22 heavy (non-hydrogen) atoms. The van der Waals surface area contributed by atoms with Crippen molar-refractivity contribution in [2.75, 3.05) is 5.32 Å². The average Bonchev–Trinajstić information content (AvgIpc) is 3.01. The summed E-state index contributed by atoms with van der Waals surface area (Å²) in [5.74, 6) is 1.58. The zero-order chi connectivity index (χ0) is 15.9. The van der Waals surface area contributed by atoms with Crippen LogP contribution in [0.15, 0.2) is 28.7 Å². The number of anilines is 1. The van der Waals surface area contributed by atoms with Crippen LogP contribution >= 0.6 is 0 Å². The number of hydrogen-bond acceptors (Lipinski definition) is 4. The first-order chi connectivity index (χ1) is 10.4. The second-order valence-corrected chi connectivity index (χ2v) is 5.31. The Labute approximate surface area is 127 Å². The number of rotatable bonds is 3. The summed E-state index contributed by atoms with van der Waals surface area (Å²) in [5, 5.41) is 12.4. The number of carbonyl (C=O) groups excluding carboxylic acids is 1. The van der Waals surface area contributed by atoms with Gasteiger partial charge in [-0.15, -0.1) is 0 Å². The molecule has 3 rings (SSSR count). The number of fused-ring (bicyclic) bond motifs is 1. The lowest BCUT2D eigenvalue weighted by Crippen LogP contribution is -2.11. The summed E-state index contributed by atoms with van der Waals surface area (Å²) in [7, 11) is 0. The molecule has 0 radical (unpaired) electrons. The molecule has 6 nitrogen and oxygen atoms in total. The minimum Gasteiger partial charge on any atom is -0.466 e. The Hall–Kier alpha value is -2.60. The number of carbonyl (C=O) groups is 1. The maximum absolute atomic E-state index is 12.3. The summed E-state index contributed by atoms with van der Waals surface area (Å²) in [6.45, 7) is 5.21. The minimum absolute atomic E-state index is 0.219. The topological polar surface area (TPSA) is 91.1 Å². The molecule has 0 saturated carbocycles. The Morgan fingerprint density at radius 2 is 2.14 bits per heavy atom. The molecule has 1 aromatic carbocycles. The molecule has 0 aliphatic rings. The van der Waals surface area contributed by atoms with Crippen molar-refractivity contribution < 1.29 is 14.3 Å². The van der Waals surface area contributed by atoms with Gasteiger partial charge in [-0.2, -0.15) is 0 Å². The van der Waals surface area contributed by atoms with Gasteiger partial charge in [0.1, 0.15) is 23.4 Å². The number of H-pyrrole nitrogens is 1. The molecule has 0 aliphatic carbocycles. The number of aryl methyl sites for hydroxylation is 2. The number of hydrogen-bond donors (Lipinski definition) is 3. The van der Waals surface area contributed by atoms with Gasteiger partial charge in [0.15, 0.2) is 0 Å². The Balaban J connectivity index is 1.87. The third-order valence-corrected chi connectivity index (χ3v) is 3.44. The van der Waals surface area contributed by atoms with E-state index in [1.807, 2.05) is 0 Å². The molecule has 2 aromatic heterocycles. The summed E-state index contributed by atoms with van der Waals surface area (Å²) < 4.78 is 5.37. The van der Waals surface area contributed by atoms with Gasteiger partial charge in [0, 0.05) is 5.69 Å². The third-order valence-electron chi connectivity index (χ3n) is 3.44. The number of amides is 1. The molecule has 114 valence electrons. The van der Waals surface area contributed by atoms with Crippen LogP contribution in [0.1, 0.15) is 40.7 Å². The average molecular weight is 299 g/mol. The van der Waals surface area contributed by atoms with Gasteiger partial charge < -0.3 is 19.8 Å². The van der Waals surface area contributed by atoms with Gasteiger partial charge in [0.2, 0.25) is 0 Å². The molecule has 6 heteroatoms. The third kappa shape index (κ3) is 2.60. The second kappa shape index (κ2) is 5.31. The van der Waals surface area contributed by atoms with E-state index in [2.05, 4.69) is 15.3 Å². The molecule has 1 atom stereocenters. The molecule has 1 unspecified atom stereocenters. The van der Waals surface area contributed by atoms with E-state index < -0.39 is 6.10 Å². The number of aromatic amines is 1. The van der Waals surface area contributed by atoms with Gasteiger partial charge in [-0.05, 0) is 45.0 Å². The number of nitrogens with one attached hydrogen (secondary N) is 2. The first-order valence-electron chi connectivity index (χ1n) is 7.00. The fourth-order valence-electron chi connectivity index (χ4n) is 2.36. The fraction of sp³-hybridized carbons (Fsp3) is 0.250. The van der Waals surface area contributed by atoms with Crippen LogP contribution in [-0.2, 0) is 0 Å². The quantitative estimate of drug-likeness (QED) is 0.693. The van der Waals surface area contributed by atoms with E-state index >= 15 is 0 Å². The number of aromatic nitrogens is 2. The van der Waals surface area contributed by atoms with Gasteiger partial charge in [-0.1, -0.05) is 0 Å². The number of nitrogens with zero attached hydrogens (tertiary/aromatic N) is 1. The van der Waals surface area contributed by atoms with Crippen LogP contribution in [0.2, 0.25) is 0 Å². The van der Waals surface area contributed by atoms with Crippen molar-refractivity contribution in [1.82, 2.24) is 9.97 Å². The molecule has 3 aromatic rings. The molecule has 0 saturated heterocycles. The van der Waals surface area contributed by atoms with Crippen LogP contribution in [-0.4, -0.2) is 21.0 Å². The molecular weight excluding hydrogens is 282 g/mol. The van der Waals surface area contributed by atoms with Gasteiger partial charge in [0.05, 0.1) is 16.6 Å². The van der Waals surface area contributed by atoms with Crippen LogP contribution < -0.4 is 5.32 Å². The predicted molar refractivity (Wildman–Crippen MR) is 82.9 cm³/mol. The highest BCUT2D eigenvalue weighted by Gasteiger charge is 2.14. The van der Waals surface area contributed by atoms with Crippen molar-refractivity contribution in [3.63, 3.8) is 0 Å². The maximum atomic E-state index is 12.3. The zero-order valence-electron chi connectivity index (χ0n) is 12.6. The van der Waals surface area contributed by atoms with Gasteiger partial charge in [-0.3, -0.25) is 4.79 Å². The lowest BCUT2D eigenvalue weighted by Gasteiger charge is -2.04. The van der Waals surface area contributed by atoms with Crippen LogP contribution in [0, 0.1) is 13.8 Å². The highest BCUT2D eigenvalue weighted by molar-refractivity contribution is 6.05. The van der Waals surface area contributed by atoms with Crippen molar-refractivity contribution >= 4 is 22.6 Å². The summed E-state index contributed by atoms with van der Waals surface area (Å²) in [6.07, 6.45) is -0.665. The largest absolute Gasteiger partial charge is 0.466 e. The smallest absolute Gasteiger partial charge is 0.259 e. The van der Waals surface area contributed by atoms with Crippen molar-refractivity contribution in [3.05, 3.63) is 47.2 Å². The van der Waals surface area contributed by atoms with Crippen molar-refractivity contribution in [2.24, 2.45) is 0 Å². The summed E-state index contributed by atoms with van der Waals surface area (Å²) >= 11 is 0. The van der Waals surface area contributed by atoms with Crippen molar-refractivity contribution in [3.8, 4) is 0 Å². The first-order valence-corrected chi connectivity index (χ1v) is 7.00. The standard InChI is InChI=1S/C16H17N3O3/c1-8-6-12(10(3)22-8)16(21)17-11-4-5-13-14(7-11)19-15(18-13)9(2)20/h4-7,9,20H,1-3H3,(H,17,21)(H,18,19). The molecule has 3 N–H and O–H groups in total. The van der Waals surface area contributed by atoms with Gasteiger partial charge in [0.25, 0.3) is 5.91 Å². The summed E-state index contributed by atoms with van der Waals surface area (Å²) in [6, 6.07) is 7.06. The van der Waals surface area contributed by atoms with Crippen molar-refractivity contribution in [1.29, 1.82) is 0 Å². The van der Waals surface area contributed by atoms with E-state index in [1.165, 1.54) is 0 Å². The van der Waals surface area contributed by atoms with Crippen LogP contribution in [0.3, 0.4) is 0 Å². The Kier molecular flexibility index (Phi) is 3.46. The minimum atomic E-state index is -0.665. The highest BCUT2D eigenvalue weighted by atomic mass is 16.3. The lowest BCUT2D eigenvalue weighted by molar-refractivity contribution is 0.102. The number of benzene rings is 1. The zero-order valence-corrected chi connectivity index (χ0v) is 12.6. The summed E-state index contributed by atoms with van der Waals surface area (Å²) in [4.78, 5) is 19.6. The molecule has 0 fully saturated rings. The number of furan rings is 1. The molecular formula is C16H17N3O3. The van der Waals surface area contributed by atoms with Gasteiger partial charge >= 0.3 is 0 Å². The Bertz CT molecular complexity index is 846. The van der Waals surface area contributed by atoms with E-state index in [0.29, 0.717) is 28.6 Å². The maximum Gasteiger partial charge on any atom is 0.259 e. The van der Waals surface area contributed by atoms with E-state index in [9.17, 15) is 9.90 Å². The van der Waals surface area contributed by atoms with E-state index in [-0.39, 0.29) is 5.91 Å². The number of aliphatic hydroxyl groups excluding tert-OH is 1. The molecule has 0 bridgehead atoms. The van der Waals surface area contributed by atoms with E-state index in [0.717, 1.165) is 11.0 Å². The Morgan fingerprint density at radius 3 is 2.77 bits per heavy atom. The monoisotopic (exact) mass is 299 g/mol. The predicted octanol–water partition coefficient (Wildman–Crippen LogP) is 3.08. The number of imidazole rings is 1. The molecule has 0 spiro atoms. The fourth-order valence-corrected chi connectivity index (χ4v) is 2.36. The lowest BCUT2D eigenvalue weighted by atomic mass is 10.2. The molecule has 2 heterocycles. The van der Waals surface area contributed by atoms with Crippen LogP contribution in [0.5, 0.6) is 0 Å². The second-order valence-electron chi connectivity index (χ2n) is 5.31. The van der Waals surface area contributed by atoms with E-state index in [1.54, 1.807) is 45.0 Å². The molecule has 0 aliphatic heterocycles. The normalized spacial score (nSPS) is 12.5. The molecule has 1 amide bonds. The van der Waals surface area contributed by atoms with E-state index in [4.69, 9.17) is 4.42 Å². The van der Waals surface area contributed by atoms with Gasteiger partial charge in [-0.25, -0.2) is 4.98 Å². The van der Waals surface area contributed by atoms with Crippen LogP contribution in [0.25, 0.3) is 11.0 Å². The number of aliphatic hydroxyl groups is 1. The van der Waals surface area contributed by atoms with Crippen molar-refractivity contribution in [2.45, 2.75) is 26.9 Å². The SMILES string of the molecule is Cc1cc(C(=O)Nc2ccc3nc(C(C)O)[nH]c3c2)c(C)o1. The Morgan fingerprint density at radius 1 is 1.36 bits per heavy atom. The first kappa shape index (κ1) is 14.3.